The Morgan fingerprint density at radius 1 is 1.21 bits per heavy atom. The minimum absolute atomic E-state index is 0.254. The van der Waals surface area contributed by atoms with Crippen LogP contribution in [0.15, 0.2) is 18.5 Å². The first-order valence-electron chi connectivity index (χ1n) is 10.5. The Bertz CT molecular complexity index is 769. The van der Waals surface area contributed by atoms with Crippen LogP contribution in [0.1, 0.15) is 33.6 Å². The van der Waals surface area contributed by atoms with Crippen molar-refractivity contribution in [3.63, 3.8) is 0 Å². The van der Waals surface area contributed by atoms with Crippen LogP contribution in [0.4, 0.5) is 5.82 Å². The molecule has 0 saturated carbocycles. The van der Waals surface area contributed by atoms with E-state index in [9.17, 15) is 0 Å². The maximum absolute atomic E-state index is 5.86. The van der Waals surface area contributed by atoms with E-state index in [2.05, 4.69) is 55.6 Å². The summed E-state index contributed by atoms with van der Waals surface area (Å²) in [5, 5.41) is 3.59. The molecule has 1 aliphatic heterocycles. The summed E-state index contributed by atoms with van der Waals surface area (Å²) in [6, 6.07) is 3.68. The number of ether oxygens (including phenoxy) is 1. The molecule has 0 bridgehead atoms. The molecule has 156 valence electrons. The van der Waals surface area contributed by atoms with E-state index >= 15 is 0 Å². The minimum atomic E-state index is -1.05. The smallest absolute Gasteiger partial charge is 0.160 e. The molecule has 0 spiro atoms. The van der Waals surface area contributed by atoms with E-state index < -0.39 is 8.07 Å². The Hall–Kier alpha value is -1.44. The highest BCUT2D eigenvalue weighted by molar-refractivity contribution is 6.76. The number of aromatic nitrogens is 3. The lowest BCUT2D eigenvalue weighted by molar-refractivity contribution is 0.0899. The Morgan fingerprint density at radius 3 is 2.57 bits per heavy atom. The number of rotatable bonds is 7. The van der Waals surface area contributed by atoms with Crippen molar-refractivity contribution in [1.29, 1.82) is 0 Å². The Kier molecular flexibility index (Phi) is 6.46. The van der Waals surface area contributed by atoms with Gasteiger partial charge in [0.05, 0.1) is 6.20 Å². The van der Waals surface area contributed by atoms with Crippen molar-refractivity contribution in [3.05, 3.63) is 18.5 Å². The molecule has 6 nitrogen and oxygen atoms in total. The van der Waals surface area contributed by atoms with E-state index in [1.807, 2.05) is 23.0 Å². The van der Waals surface area contributed by atoms with E-state index in [4.69, 9.17) is 9.72 Å². The Labute approximate surface area is 170 Å². The number of hydrogen-bond donors (Lipinski definition) is 1. The number of hydrogen-bond acceptors (Lipinski definition) is 5. The molecule has 0 radical (unpaired) electrons. The fraction of sp³-hybridized carbons (Fsp3) is 0.714. The Morgan fingerprint density at radius 2 is 1.93 bits per heavy atom. The molecule has 28 heavy (non-hydrogen) atoms. The molecule has 0 amide bonds. The summed E-state index contributed by atoms with van der Waals surface area (Å²) in [7, 11) is -1.05. The summed E-state index contributed by atoms with van der Waals surface area (Å²) >= 11 is 0. The second kappa shape index (κ2) is 8.51. The summed E-state index contributed by atoms with van der Waals surface area (Å²) in [6.07, 6.45) is 6.16. The van der Waals surface area contributed by atoms with E-state index in [1.54, 1.807) is 0 Å². The van der Waals surface area contributed by atoms with E-state index in [1.165, 1.54) is 6.04 Å². The lowest BCUT2D eigenvalue weighted by Crippen LogP contribution is -2.48. The van der Waals surface area contributed by atoms with Crippen molar-refractivity contribution in [1.82, 2.24) is 19.4 Å². The van der Waals surface area contributed by atoms with Gasteiger partial charge in [-0.2, -0.15) is 0 Å². The van der Waals surface area contributed by atoms with Gasteiger partial charge < -0.3 is 14.6 Å². The summed E-state index contributed by atoms with van der Waals surface area (Å²) in [5.41, 5.74) is 2.07. The van der Waals surface area contributed by atoms with Crippen LogP contribution in [0.5, 0.6) is 0 Å². The molecule has 1 fully saturated rings. The second-order valence-electron chi connectivity index (χ2n) is 10.2. The molecular weight excluding hydrogens is 366 g/mol. The normalized spacial score (nSPS) is 17.4. The SMILES string of the molecule is CC(C)(C)N1CCC(Nc2cnc3c(ccn3COCC[Si](C)(C)C)n2)CC1. The molecule has 2 aromatic rings. The zero-order chi connectivity index (χ0) is 20.4. The molecule has 2 aromatic heterocycles. The largest absolute Gasteiger partial charge is 0.366 e. The number of piperidine rings is 1. The molecule has 0 unspecified atom stereocenters. The third kappa shape index (κ3) is 5.78. The van der Waals surface area contributed by atoms with Crippen LogP contribution in [-0.2, 0) is 11.5 Å². The van der Waals surface area contributed by atoms with Gasteiger partial charge in [-0.15, -0.1) is 0 Å². The lowest BCUT2D eigenvalue weighted by atomic mass is 9.98. The van der Waals surface area contributed by atoms with Gasteiger partial charge in [0.1, 0.15) is 18.1 Å². The number of likely N-dealkylation sites (tertiary alicyclic amines) is 1. The van der Waals surface area contributed by atoms with Crippen molar-refractivity contribution >= 4 is 25.1 Å². The molecule has 1 saturated heterocycles. The van der Waals surface area contributed by atoms with E-state index in [0.717, 1.165) is 49.5 Å². The highest BCUT2D eigenvalue weighted by Gasteiger charge is 2.27. The summed E-state index contributed by atoms with van der Waals surface area (Å²) in [4.78, 5) is 12.0. The third-order valence-electron chi connectivity index (χ3n) is 5.49. The Balaban J connectivity index is 1.54. The third-order valence-corrected chi connectivity index (χ3v) is 7.19. The lowest BCUT2D eigenvalue weighted by Gasteiger charge is -2.41. The zero-order valence-corrected chi connectivity index (χ0v) is 19.5. The number of anilines is 1. The molecule has 0 aliphatic carbocycles. The molecule has 0 aromatic carbocycles. The predicted molar refractivity (Wildman–Crippen MR) is 120 cm³/mol. The van der Waals surface area contributed by atoms with Crippen LogP contribution in [-0.4, -0.2) is 58.8 Å². The quantitative estimate of drug-likeness (QED) is 0.548. The second-order valence-corrected chi connectivity index (χ2v) is 15.8. The van der Waals surface area contributed by atoms with Crippen LogP contribution >= 0.6 is 0 Å². The monoisotopic (exact) mass is 403 g/mol. The van der Waals surface area contributed by atoms with Gasteiger partial charge in [-0.3, -0.25) is 4.90 Å². The summed E-state index contributed by atoms with van der Waals surface area (Å²) < 4.78 is 7.90. The van der Waals surface area contributed by atoms with Crippen molar-refractivity contribution in [2.24, 2.45) is 0 Å². The van der Waals surface area contributed by atoms with Gasteiger partial charge in [-0.1, -0.05) is 19.6 Å². The highest BCUT2D eigenvalue weighted by Crippen LogP contribution is 2.22. The fourth-order valence-electron chi connectivity index (χ4n) is 3.58. The first-order chi connectivity index (χ1) is 13.1. The number of nitrogens with zero attached hydrogens (tertiary/aromatic N) is 4. The topological polar surface area (TPSA) is 55.2 Å². The first-order valence-corrected chi connectivity index (χ1v) is 14.2. The van der Waals surface area contributed by atoms with Crippen LogP contribution in [0, 0.1) is 0 Å². The van der Waals surface area contributed by atoms with Crippen molar-refractivity contribution < 1.29 is 4.74 Å². The van der Waals surface area contributed by atoms with E-state index in [-0.39, 0.29) is 5.54 Å². The van der Waals surface area contributed by atoms with Crippen LogP contribution < -0.4 is 5.32 Å². The molecule has 7 heteroatoms. The fourth-order valence-corrected chi connectivity index (χ4v) is 4.34. The van der Waals surface area contributed by atoms with Gasteiger partial charge in [0.25, 0.3) is 0 Å². The van der Waals surface area contributed by atoms with Crippen molar-refractivity contribution in [2.75, 3.05) is 25.0 Å². The standard InChI is InChI=1S/C21H37N5OSi/c1-21(2,3)26-11-7-17(8-12-26)23-19-15-22-20-18(24-19)9-10-25(20)16-27-13-14-28(4,5)6/h9-10,15,17H,7-8,11-14,16H2,1-6H3,(H,23,24). The maximum Gasteiger partial charge on any atom is 0.160 e. The molecule has 1 N–H and O–H groups in total. The average molecular weight is 404 g/mol. The first kappa shape index (κ1) is 21.3. The van der Waals surface area contributed by atoms with Gasteiger partial charge in [0.15, 0.2) is 5.65 Å². The summed E-state index contributed by atoms with van der Waals surface area (Å²) in [6.45, 7) is 17.6. The zero-order valence-electron chi connectivity index (χ0n) is 18.5. The van der Waals surface area contributed by atoms with Crippen LogP contribution in [0.2, 0.25) is 25.7 Å². The van der Waals surface area contributed by atoms with E-state index in [0.29, 0.717) is 12.8 Å². The molecular formula is C21H37N5OSi. The van der Waals surface area contributed by atoms with Crippen molar-refractivity contribution in [3.8, 4) is 0 Å². The van der Waals surface area contributed by atoms with Gasteiger partial charge in [-0.05, 0) is 45.7 Å². The van der Waals surface area contributed by atoms with Crippen molar-refractivity contribution in [2.45, 2.75) is 77.6 Å². The maximum atomic E-state index is 5.86. The number of nitrogens with one attached hydrogen (secondary N) is 1. The van der Waals surface area contributed by atoms with Gasteiger partial charge in [-0.25, -0.2) is 9.97 Å². The predicted octanol–water partition coefficient (Wildman–Crippen LogP) is 4.42. The van der Waals surface area contributed by atoms with Crippen LogP contribution in [0.3, 0.4) is 0 Å². The number of fused-ring (bicyclic) bond motifs is 1. The molecule has 0 atom stereocenters. The van der Waals surface area contributed by atoms with Gasteiger partial charge >= 0.3 is 0 Å². The van der Waals surface area contributed by atoms with Gasteiger partial charge in [0.2, 0.25) is 0 Å². The molecule has 1 aliphatic rings. The average Bonchev–Trinajstić information content (AvgIpc) is 3.00. The van der Waals surface area contributed by atoms with Crippen LogP contribution in [0.25, 0.3) is 11.2 Å². The highest BCUT2D eigenvalue weighted by atomic mass is 28.3. The minimum Gasteiger partial charge on any atom is -0.366 e. The summed E-state index contributed by atoms with van der Waals surface area (Å²) in [5.74, 6) is 0.874. The molecule has 3 rings (SSSR count). The molecule has 3 heterocycles. The van der Waals surface area contributed by atoms with Gasteiger partial charge in [0, 0.05) is 45.5 Å².